The van der Waals surface area contributed by atoms with Crippen LogP contribution < -0.4 is 0 Å². The van der Waals surface area contributed by atoms with Gasteiger partial charge in [-0.2, -0.15) is 12.6 Å². The molecule has 0 fully saturated rings. The number of rotatable bonds is 2. The maximum atomic E-state index is 4.43. The highest BCUT2D eigenvalue weighted by Crippen LogP contribution is 2.51. The molecule has 0 aromatic heterocycles. The van der Waals surface area contributed by atoms with E-state index in [0.717, 1.165) is 5.75 Å². The smallest absolute Gasteiger partial charge is 0.00411 e. The Morgan fingerprint density at radius 1 is 0.833 bits per heavy atom. The normalized spacial score (nSPS) is 15.0. The van der Waals surface area contributed by atoms with Gasteiger partial charge in [0.25, 0.3) is 0 Å². The summed E-state index contributed by atoms with van der Waals surface area (Å²) in [6, 6.07) is 0. The molecule has 0 radical (unpaired) electrons. The third-order valence-corrected chi connectivity index (χ3v) is 4.75. The van der Waals surface area contributed by atoms with Crippen molar-refractivity contribution in [2.24, 2.45) is 16.2 Å². The molecule has 0 atom stereocenters. The molecule has 0 bridgehead atoms. The lowest BCUT2D eigenvalue weighted by atomic mass is 9.56. The second kappa shape index (κ2) is 3.25. The van der Waals surface area contributed by atoms with Gasteiger partial charge in [0.15, 0.2) is 0 Å². The zero-order chi connectivity index (χ0) is 10.2. The highest BCUT2D eigenvalue weighted by Gasteiger charge is 2.44. The van der Waals surface area contributed by atoms with Gasteiger partial charge < -0.3 is 0 Å². The van der Waals surface area contributed by atoms with E-state index in [-0.39, 0.29) is 5.41 Å². The quantitative estimate of drug-likeness (QED) is 0.622. The van der Waals surface area contributed by atoms with Crippen LogP contribution >= 0.6 is 12.6 Å². The number of hydrogen-bond donors (Lipinski definition) is 1. The van der Waals surface area contributed by atoms with Crippen LogP contribution in [0.15, 0.2) is 0 Å². The first kappa shape index (κ1) is 12.3. The zero-order valence-electron chi connectivity index (χ0n) is 9.65. The van der Waals surface area contributed by atoms with Crippen molar-refractivity contribution in [1.82, 2.24) is 0 Å². The van der Waals surface area contributed by atoms with E-state index < -0.39 is 0 Å². The van der Waals surface area contributed by atoms with Gasteiger partial charge in [0.2, 0.25) is 0 Å². The van der Waals surface area contributed by atoms with E-state index in [1.54, 1.807) is 0 Å². The van der Waals surface area contributed by atoms with Gasteiger partial charge in [-0.1, -0.05) is 48.5 Å². The Morgan fingerprint density at radius 3 is 1.25 bits per heavy atom. The molecule has 0 aliphatic rings. The minimum atomic E-state index is 0.286. The molecule has 0 aliphatic carbocycles. The fourth-order valence-electron chi connectivity index (χ4n) is 1.21. The lowest BCUT2D eigenvalue weighted by molar-refractivity contribution is 0.00936. The van der Waals surface area contributed by atoms with Crippen molar-refractivity contribution >= 4 is 12.6 Å². The van der Waals surface area contributed by atoms with Crippen LogP contribution in [0, 0.1) is 16.2 Å². The van der Waals surface area contributed by atoms with Crippen molar-refractivity contribution in [2.45, 2.75) is 48.5 Å². The van der Waals surface area contributed by atoms with Gasteiger partial charge in [-0.05, 0) is 22.0 Å². The molecule has 74 valence electrons. The average Bonchev–Trinajstić information content (AvgIpc) is 1.85. The molecule has 12 heavy (non-hydrogen) atoms. The summed E-state index contributed by atoms with van der Waals surface area (Å²) in [6.45, 7) is 16.2. The summed E-state index contributed by atoms with van der Waals surface area (Å²) >= 11 is 4.43. The summed E-state index contributed by atoms with van der Waals surface area (Å²) in [5.74, 6) is 0.942. The second-order valence-corrected chi connectivity index (χ2v) is 6.23. The average molecular weight is 188 g/mol. The Balaban J connectivity index is 4.85. The lowest BCUT2D eigenvalue weighted by Gasteiger charge is -2.50. The first-order valence-electron chi connectivity index (χ1n) is 4.67. The Labute approximate surface area is 83.5 Å². The highest BCUT2D eigenvalue weighted by atomic mass is 32.1. The fraction of sp³-hybridized carbons (Fsp3) is 1.00. The largest absolute Gasteiger partial charge is 0.179 e. The minimum absolute atomic E-state index is 0.286. The topological polar surface area (TPSA) is 0 Å². The number of thiol groups is 1. The fourth-order valence-corrected chi connectivity index (χ4v) is 1.61. The zero-order valence-corrected chi connectivity index (χ0v) is 10.5. The molecule has 0 saturated carbocycles. The van der Waals surface area contributed by atoms with Crippen LogP contribution in [0.4, 0.5) is 0 Å². The Morgan fingerprint density at radius 2 is 1.17 bits per heavy atom. The van der Waals surface area contributed by atoms with Crippen LogP contribution in [0.2, 0.25) is 0 Å². The molecule has 0 spiro atoms. The van der Waals surface area contributed by atoms with Gasteiger partial charge in [-0.15, -0.1) is 0 Å². The molecular weight excluding hydrogens is 164 g/mol. The maximum Gasteiger partial charge on any atom is -0.00411 e. The monoisotopic (exact) mass is 188 g/mol. The first-order chi connectivity index (χ1) is 5.06. The van der Waals surface area contributed by atoms with Gasteiger partial charge in [0.05, 0.1) is 0 Å². The van der Waals surface area contributed by atoms with Crippen molar-refractivity contribution in [3.05, 3.63) is 0 Å². The minimum Gasteiger partial charge on any atom is -0.179 e. The summed E-state index contributed by atoms with van der Waals surface area (Å²) in [7, 11) is 0. The van der Waals surface area contributed by atoms with Crippen LogP contribution in [0.5, 0.6) is 0 Å². The molecule has 0 unspecified atom stereocenters. The molecule has 0 aromatic rings. The van der Waals surface area contributed by atoms with E-state index in [4.69, 9.17) is 0 Å². The maximum absolute atomic E-state index is 4.43. The first-order valence-corrected chi connectivity index (χ1v) is 5.30. The van der Waals surface area contributed by atoms with Gasteiger partial charge in [0, 0.05) is 0 Å². The molecule has 0 saturated heterocycles. The Kier molecular flexibility index (Phi) is 3.34. The summed E-state index contributed by atoms with van der Waals surface area (Å²) in [4.78, 5) is 0. The molecule has 0 aromatic carbocycles. The molecular formula is C11H24S. The molecule has 0 rings (SSSR count). The van der Waals surface area contributed by atoms with Crippen LogP contribution in [0.1, 0.15) is 48.5 Å². The predicted octanol–water partition coefficient (Wildman–Crippen LogP) is 4.01. The summed E-state index contributed by atoms with van der Waals surface area (Å²) < 4.78 is 0. The third-order valence-electron chi connectivity index (χ3n) is 3.96. The van der Waals surface area contributed by atoms with Gasteiger partial charge in [-0.3, -0.25) is 0 Å². The summed E-state index contributed by atoms with van der Waals surface area (Å²) in [5.41, 5.74) is 0.926. The summed E-state index contributed by atoms with van der Waals surface area (Å²) in [6.07, 6.45) is 0. The molecule has 0 aliphatic heterocycles. The van der Waals surface area contributed by atoms with Gasteiger partial charge >= 0.3 is 0 Å². The molecule has 0 nitrogen and oxygen atoms in total. The summed E-state index contributed by atoms with van der Waals surface area (Å²) in [5, 5.41) is 0. The predicted molar refractivity (Wildman–Crippen MR) is 60.9 cm³/mol. The van der Waals surface area contributed by atoms with Gasteiger partial charge in [0.1, 0.15) is 0 Å². The van der Waals surface area contributed by atoms with Crippen molar-refractivity contribution in [3.8, 4) is 0 Å². The molecule has 0 N–H and O–H groups in total. The second-order valence-electron chi connectivity index (χ2n) is 5.92. The Bertz CT molecular complexity index is 149. The van der Waals surface area contributed by atoms with Crippen LogP contribution in [-0.2, 0) is 0 Å². The van der Waals surface area contributed by atoms with E-state index in [1.165, 1.54) is 0 Å². The molecule has 0 amide bonds. The van der Waals surface area contributed by atoms with Crippen molar-refractivity contribution < 1.29 is 0 Å². The SMILES string of the molecule is CC(C)(C)C(C)(C)C(C)(C)CS. The highest BCUT2D eigenvalue weighted by molar-refractivity contribution is 7.80. The van der Waals surface area contributed by atoms with E-state index in [0.29, 0.717) is 10.8 Å². The van der Waals surface area contributed by atoms with Crippen molar-refractivity contribution in [2.75, 3.05) is 5.75 Å². The molecule has 1 heteroatoms. The lowest BCUT2D eigenvalue weighted by Crippen LogP contribution is -2.44. The number of hydrogen-bond acceptors (Lipinski definition) is 1. The Hall–Kier alpha value is 0.350. The van der Waals surface area contributed by atoms with E-state index in [2.05, 4.69) is 61.1 Å². The standard InChI is InChI=1S/C11H24S/c1-9(2,3)11(6,7)10(4,5)8-12/h12H,8H2,1-7H3. The van der Waals surface area contributed by atoms with E-state index in [9.17, 15) is 0 Å². The van der Waals surface area contributed by atoms with E-state index >= 15 is 0 Å². The van der Waals surface area contributed by atoms with Crippen molar-refractivity contribution in [3.63, 3.8) is 0 Å². The van der Waals surface area contributed by atoms with Gasteiger partial charge in [-0.25, -0.2) is 0 Å². The van der Waals surface area contributed by atoms with Crippen LogP contribution in [0.25, 0.3) is 0 Å². The third kappa shape index (κ3) is 1.99. The van der Waals surface area contributed by atoms with Crippen molar-refractivity contribution in [1.29, 1.82) is 0 Å². The van der Waals surface area contributed by atoms with Crippen LogP contribution in [0.3, 0.4) is 0 Å². The molecule has 0 heterocycles. The van der Waals surface area contributed by atoms with Crippen LogP contribution in [-0.4, -0.2) is 5.75 Å². The van der Waals surface area contributed by atoms with E-state index in [1.807, 2.05) is 0 Å².